The van der Waals surface area contributed by atoms with Crippen LogP contribution in [-0.4, -0.2) is 25.6 Å². The fourth-order valence-electron chi connectivity index (χ4n) is 1.36. The molecule has 0 saturated heterocycles. The largest absolute Gasteiger partial charge is 0.491 e. The number of likely N-dealkylation sites (N-methyl/N-ethyl adjacent to an activating group) is 1. The highest BCUT2D eigenvalue weighted by molar-refractivity contribution is 5.80. The van der Waals surface area contributed by atoms with Crippen molar-refractivity contribution >= 4 is 5.91 Å². The number of primary amides is 1. The first-order valence-electron chi connectivity index (χ1n) is 5.22. The van der Waals surface area contributed by atoms with Crippen LogP contribution in [0.3, 0.4) is 0 Å². The molecule has 0 heterocycles. The Kier molecular flexibility index (Phi) is 4.31. The molecule has 88 valence electrons. The van der Waals surface area contributed by atoms with Crippen LogP contribution in [0.25, 0.3) is 0 Å². The summed E-state index contributed by atoms with van der Waals surface area (Å²) in [6, 6.07) is 5.37. The first-order valence-corrected chi connectivity index (χ1v) is 5.22. The van der Waals surface area contributed by atoms with Crippen molar-refractivity contribution in [2.24, 2.45) is 5.73 Å². The molecule has 0 saturated carbocycles. The van der Waals surface area contributed by atoms with Crippen molar-refractivity contribution in [2.45, 2.75) is 19.9 Å². The van der Waals surface area contributed by atoms with Crippen molar-refractivity contribution in [3.8, 4) is 5.75 Å². The molecule has 0 fully saturated rings. The van der Waals surface area contributed by atoms with E-state index in [4.69, 9.17) is 10.5 Å². The lowest BCUT2D eigenvalue weighted by Gasteiger charge is -2.15. The number of nitrogens with two attached hydrogens (primary N) is 1. The molecular formula is C12H18N2O2. The fourth-order valence-corrected chi connectivity index (χ4v) is 1.36. The fraction of sp³-hybridized carbons (Fsp3) is 0.417. The van der Waals surface area contributed by atoms with Gasteiger partial charge >= 0.3 is 0 Å². The van der Waals surface area contributed by atoms with Gasteiger partial charge in [-0.3, -0.25) is 4.79 Å². The number of ether oxygens (including phenoxy) is 1. The average Bonchev–Trinajstić information content (AvgIpc) is 2.24. The molecule has 0 aliphatic heterocycles. The molecule has 16 heavy (non-hydrogen) atoms. The van der Waals surface area contributed by atoms with Gasteiger partial charge in [-0.1, -0.05) is 12.1 Å². The summed E-state index contributed by atoms with van der Waals surface area (Å²) in [7, 11) is 1.68. The van der Waals surface area contributed by atoms with Gasteiger partial charge in [-0.2, -0.15) is 0 Å². The van der Waals surface area contributed by atoms with Crippen LogP contribution in [-0.2, 0) is 4.79 Å². The minimum Gasteiger partial charge on any atom is -0.491 e. The minimum atomic E-state index is -0.458. The first-order chi connectivity index (χ1) is 7.56. The Labute approximate surface area is 95.8 Å². The summed E-state index contributed by atoms with van der Waals surface area (Å²) in [5.41, 5.74) is 7.45. The Morgan fingerprint density at radius 3 is 2.75 bits per heavy atom. The highest BCUT2D eigenvalue weighted by Gasteiger charge is 2.13. The normalized spacial score (nSPS) is 12.2. The van der Waals surface area contributed by atoms with Gasteiger partial charge in [0.05, 0.1) is 0 Å². The second-order valence-corrected chi connectivity index (χ2v) is 3.75. The van der Waals surface area contributed by atoms with Crippen LogP contribution in [0.1, 0.15) is 11.1 Å². The maximum Gasteiger partial charge on any atom is 0.238 e. The quantitative estimate of drug-likeness (QED) is 0.773. The summed E-state index contributed by atoms with van der Waals surface area (Å²) in [6.45, 7) is 4.26. The Bertz CT molecular complexity index is 377. The van der Waals surface area contributed by atoms with Gasteiger partial charge in [-0.05, 0) is 38.1 Å². The van der Waals surface area contributed by atoms with Crippen molar-refractivity contribution in [1.29, 1.82) is 0 Å². The number of aryl methyl sites for hydroxylation is 1. The number of amides is 1. The average molecular weight is 222 g/mol. The van der Waals surface area contributed by atoms with Gasteiger partial charge < -0.3 is 15.8 Å². The number of rotatable bonds is 5. The third-order valence-corrected chi connectivity index (χ3v) is 2.65. The molecule has 0 aromatic heterocycles. The van der Waals surface area contributed by atoms with Gasteiger partial charge in [0.15, 0.2) is 0 Å². The SMILES string of the molecule is CNC(COc1cccc(C)c1C)C(N)=O. The zero-order valence-electron chi connectivity index (χ0n) is 9.91. The van der Waals surface area contributed by atoms with Crippen molar-refractivity contribution < 1.29 is 9.53 Å². The molecule has 4 heteroatoms. The maximum atomic E-state index is 11.0. The van der Waals surface area contributed by atoms with Crippen molar-refractivity contribution in [3.05, 3.63) is 29.3 Å². The number of carbonyl (C=O) groups excluding carboxylic acids is 1. The first kappa shape index (κ1) is 12.5. The van der Waals surface area contributed by atoms with E-state index in [0.717, 1.165) is 16.9 Å². The highest BCUT2D eigenvalue weighted by Crippen LogP contribution is 2.20. The second-order valence-electron chi connectivity index (χ2n) is 3.75. The van der Waals surface area contributed by atoms with Gasteiger partial charge in [0, 0.05) is 0 Å². The Balaban J connectivity index is 2.67. The van der Waals surface area contributed by atoms with Gasteiger partial charge in [-0.25, -0.2) is 0 Å². The predicted molar refractivity (Wildman–Crippen MR) is 63.5 cm³/mol. The Hall–Kier alpha value is -1.55. The van der Waals surface area contributed by atoms with Crippen LogP contribution >= 0.6 is 0 Å². The van der Waals surface area contributed by atoms with E-state index in [2.05, 4.69) is 5.32 Å². The molecule has 0 radical (unpaired) electrons. The van der Waals surface area contributed by atoms with E-state index in [9.17, 15) is 4.79 Å². The lowest BCUT2D eigenvalue weighted by Crippen LogP contribution is -2.43. The number of hydrogen-bond donors (Lipinski definition) is 2. The van der Waals surface area contributed by atoms with E-state index in [1.807, 2.05) is 32.0 Å². The molecule has 3 N–H and O–H groups in total. The summed E-state index contributed by atoms with van der Waals surface area (Å²) >= 11 is 0. The minimum absolute atomic E-state index is 0.246. The van der Waals surface area contributed by atoms with Crippen LogP contribution in [0, 0.1) is 13.8 Å². The van der Waals surface area contributed by atoms with E-state index in [1.54, 1.807) is 7.05 Å². The van der Waals surface area contributed by atoms with Crippen LogP contribution < -0.4 is 15.8 Å². The van der Waals surface area contributed by atoms with E-state index < -0.39 is 11.9 Å². The molecule has 0 bridgehead atoms. The molecule has 1 aromatic rings. The van der Waals surface area contributed by atoms with E-state index in [0.29, 0.717) is 0 Å². The molecular weight excluding hydrogens is 204 g/mol. The zero-order chi connectivity index (χ0) is 12.1. The highest BCUT2D eigenvalue weighted by atomic mass is 16.5. The molecule has 1 aromatic carbocycles. The molecule has 4 nitrogen and oxygen atoms in total. The molecule has 1 atom stereocenters. The number of carbonyl (C=O) groups is 1. The number of hydrogen-bond acceptors (Lipinski definition) is 3. The topological polar surface area (TPSA) is 64.3 Å². The molecule has 0 aliphatic carbocycles. The van der Waals surface area contributed by atoms with Crippen molar-refractivity contribution in [2.75, 3.05) is 13.7 Å². The molecule has 1 rings (SSSR count). The number of nitrogens with one attached hydrogen (secondary N) is 1. The molecule has 0 spiro atoms. The van der Waals surface area contributed by atoms with Crippen LogP contribution in [0.2, 0.25) is 0 Å². The lowest BCUT2D eigenvalue weighted by atomic mass is 10.1. The van der Waals surface area contributed by atoms with E-state index >= 15 is 0 Å². The van der Waals surface area contributed by atoms with Gasteiger partial charge in [0.2, 0.25) is 5.91 Å². The van der Waals surface area contributed by atoms with Gasteiger partial charge in [-0.15, -0.1) is 0 Å². The smallest absolute Gasteiger partial charge is 0.238 e. The Morgan fingerprint density at radius 1 is 1.50 bits per heavy atom. The summed E-state index contributed by atoms with van der Waals surface area (Å²) in [5, 5.41) is 2.81. The van der Waals surface area contributed by atoms with Crippen molar-refractivity contribution in [3.63, 3.8) is 0 Å². The van der Waals surface area contributed by atoms with Crippen molar-refractivity contribution in [1.82, 2.24) is 5.32 Å². The summed E-state index contributed by atoms with van der Waals surface area (Å²) in [6.07, 6.45) is 0. The molecule has 1 amide bonds. The molecule has 1 unspecified atom stereocenters. The third-order valence-electron chi connectivity index (χ3n) is 2.65. The predicted octanol–water partition coefficient (Wildman–Crippen LogP) is 0.756. The van der Waals surface area contributed by atoms with E-state index in [-0.39, 0.29) is 6.61 Å². The lowest BCUT2D eigenvalue weighted by molar-refractivity contribution is -0.120. The molecule has 0 aliphatic rings. The summed E-state index contributed by atoms with van der Waals surface area (Å²) in [5.74, 6) is 0.384. The van der Waals surface area contributed by atoms with Crippen LogP contribution in [0.15, 0.2) is 18.2 Å². The second kappa shape index (κ2) is 5.51. The monoisotopic (exact) mass is 222 g/mol. The number of benzene rings is 1. The zero-order valence-corrected chi connectivity index (χ0v) is 9.91. The van der Waals surface area contributed by atoms with Gasteiger partial charge in [0.1, 0.15) is 18.4 Å². The summed E-state index contributed by atoms with van der Waals surface area (Å²) < 4.78 is 5.57. The maximum absolute atomic E-state index is 11.0. The van der Waals surface area contributed by atoms with E-state index in [1.165, 1.54) is 0 Å². The third kappa shape index (κ3) is 2.97. The van der Waals surface area contributed by atoms with Gasteiger partial charge in [0.25, 0.3) is 0 Å². The van der Waals surface area contributed by atoms with Crippen LogP contribution in [0.5, 0.6) is 5.75 Å². The standard InChI is InChI=1S/C12H18N2O2/c1-8-5-4-6-11(9(8)2)16-7-10(14-3)12(13)15/h4-6,10,14H,7H2,1-3H3,(H2,13,15). The Morgan fingerprint density at radius 2 is 2.19 bits per heavy atom. The van der Waals surface area contributed by atoms with Crippen LogP contribution in [0.4, 0.5) is 0 Å². The summed E-state index contributed by atoms with van der Waals surface area (Å²) in [4.78, 5) is 11.0.